The third-order valence-electron chi connectivity index (χ3n) is 3.43. The molecule has 0 saturated carbocycles. The number of hydrogen-bond donors (Lipinski definition) is 1. The highest BCUT2D eigenvalue weighted by Gasteiger charge is 2.16. The molecule has 0 spiro atoms. The van der Waals surface area contributed by atoms with Crippen molar-refractivity contribution in [2.45, 2.75) is 11.7 Å². The second-order valence-electron chi connectivity index (χ2n) is 4.86. The Morgan fingerprint density at radius 2 is 2.26 bits per heavy atom. The molecule has 23 heavy (non-hydrogen) atoms. The topological polar surface area (TPSA) is 77.0 Å². The van der Waals surface area contributed by atoms with Gasteiger partial charge in [-0.2, -0.15) is 0 Å². The number of para-hydroxylation sites is 1. The Balaban J connectivity index is 2.21. The average Bonchev–Trinajstić information content (AvgIpc) is 2.94. The number of fused-ring (bicyclic) bond motifs is 3. The fraction of sp³-hybridized carbons (Fsp3) is 0.188. The predicted octanol–water partition coefficient (Wildman–Crippen LogP) is 2.33. The van der Waals surface area contributed by atoms with Crippen molar-refractivity contribution in [3.63, 3.8) is 0 Å². The molecular weight excluding hydrogens is 314 g/mol. The van der Waals surface area contributed by atoms with Gasteiger partial charge in [-0.15, -0.1) is 6.58 Å². The van der Waals surface area contributed by atoms with Crippen LogP contribution in [-0.2, 0) is 16.1 Å². The highest BCUT2D eigenvalue weighted by molar-refractivity contribution is 7.99. The van der Waals surface area contributed by atoms with E-state index >= 15 is 0 Å². The van der Waals surface area contributed by atoms with Crippen molar-refractivity contribution in [2.24, 2.45) is 0 Å². The zero-order valence-corrected chi connectivity index (χ0v) is 13.4. The third kappa shape index (κ3) is 2.75. The number of allylic oxidation sites excluding steroid dienone is 1. The van der Waals surface area contributed by atoms with E-state index in [-0.39, 0.29) is 17.3 Å². The van der Waals surface area contributed by atoms with Gasteiger partial charge in [-0.3, -0.25) is 14.2 Å². The first-order valence-corrected chi connectivity index (χ1v) is 7.96. The summed E-state index contributed by atoms with van der Waals surface area (Å²) in [5, 5.41) is 1.35. The molecule has 7 heteroatoms. The Morgan fingerprint density at radius 1 is 1.48 bits per heavy atom. The highest BCUT2D eigenvalue weighted by Crippen LogP contribution is 2.24. The summed E-state index contributed by atoms with van der Waals surface area (Å²) in [5.41, 5.74) is 1.74. The monoisotopic (exact) mass is 329 g/mol. The van der Waals surface area contributed by atoms with Gasteiger partial charge in [0.25, 0.3) is 5.56 Å². The zero-order chi connectivity index (χ0) is 16.4. The number of thioether (sulfide) groups is 1. The SMILES string of the molecule is C=CCn1c(SCC(=O)OC)nc2c([nH]c3ccccc32)c1=O. The molecule has 2 aromatic heterocycles. The summed E-state index contributed by atoms with van der Waals surface area (Å²) in [6.45, 7) is 3.99. The lowest BCUT2D eigenvalue weighted by Gasteiger charge is -2.09. The van der Waals surface area contributed by atoms with Crippen LogP contribution in [0.5, 0.6) is 0 Å². The summed E-state index contributed by atoms with van der Waals surface area (Å²) < 4.78 is 6.14. The Labute approximate surface area is 136 Å². The van der Waals surface area contributed by atoms with Gasteiger partial charge in [0.1, 0.15) is 11.0 Å². The maximum Gasteiger partial charge on any atom is 0.316 e. The van der Waals surface area contributed by atoms with Crippen LogP contribution in [0.3, 0.4) is 0 Å². The van der Waals surface area contributed by atoms with Crippen LogP contribution in [-0.4, -0.2) is 33.4 Å². The van der Waals surface area contributed by atoms with E-state index in [2.05, 4.69) is 21.3 Å². The molecule has 0 aliphatic heterocycles. The number of H-pyrrole nitrogens is 1. The largest absolute Gasteiger partial charge is 0.468 e. The fourth-order valence-electron chi connectivity index (χ4n) is 2.36. The number of methoxy groups -OCH3 is 1. The maximum atomic E-state index is 12.7. The van der Waals surface area contributed by atoms with E-state index in [9.17, 15) is 9.59 Å². The molecule has 1 aromatic carbocycles. The van der Waals surface area contributed by atoms with E-state index in [4.69, 9.17) is 0 Å². The maximum absolute atomic E-state index is 12.7. The summed E-state index contributed by atoms with van der Waals surface area (Å²) in [5.74, 6) is -0.276. The lowest BCUT2D eigenvalue weighted by atomic mass is 10.2. The fourth-order valence-corrected chi connectivity index (χ4v) is 3.19. The lowest BCUT2D eigenvalue weighted by Crippen LogP contribution is -2.23. The normalized spacial score (nSPS) is 11.0. The van der Waals surface area contributed by atoms with Crippen LogP contribution in [0.4, 0.5) is 0 Å². The predicted molar refractivity (Wildman–Crippen MR) is 90.8 cm³/mol. The minimum Gasteiger partial charge on any atom is -0.468 e. The molecule has 0 aliphatic carbocycles. The second-order valence-corrected chi connectivity index (χ2v) is 5.80. The summed E-state index contributed by atoms with van der Waals surface area (Å²) in [6, 6.07) is 7.60. The Hall–Kier alpha value is -2.54. The summed E-state index contributed by atoms with van der Waals surface area (Å²) in [6.07, 6.45) is 1.62. The van der Waals surface area contributed by atoms with E-state index in [1.807, 2.05) is 24.3 Å². The molecule has 0 fully saturated rings. The molecule has 1 N–H and O–H groups in total. The van der Waals surface area contributed by atoms with Crippen LogP contribution in [0.15, 0.2) is 46.9 Å². The Morgan fingerprint density at radius 3 is 3.00 bits per heavy atom. The molecule has 0 radical (unpaired) electrons. The first-order chi connectivity index (χ1) is 11.2. The molecule has 3 aromatic rings. The number of benzene rings is 1. The molecule has 6 nitrogen and oxygen atoms in total. The number of ether oxygens (including phenoxy) is 1. The van der Waals surface area contributed by atoms with Crippen LogP contribution >= 0.6 is 11.8 Å². The van der Waals surface area contributed by atoms with E-state index in [0.29, 0.717) is 22.7 Å². The first-order valence-electron chi connectivity index (χ1n) is 6.97. The quantitative estimate of drug-likeness (QED) is 0.336. The number of aromatic nitrogens is 3. The molecule has 0 unspecified atom stereocenters. The first kappa shape index (κ1) is 15.4. The third-order valence-corrected chi connectivity index (χ3v) is 4.38. The number of carbonyl (C=O) groups is 1. The van der Waals surface area contributed by atoms with Crippen molar-refractivity contribution in [3.8, 4) is 0 Å². The summed E-state index contributed by atoms with van der Waals surface area (Å²) >= 11 is 1.18. The minimum absolute atomic E-state index is 0.0912. The van der Waals surface area contributed by atoms with Crippen molar-refractivity contribution in [1.29, 1.82) is 0 Å². The van der Waals surface area contributed by atoms with Crippen LogP contribution in [0.2, 0.25) is 0 Å². The van der Waals surface area contributed by atoms with Crippen molar-refractivity contribution < 1.29 is 9.53 Å². The standard InChI is InChI=1S/C16H15N3O3S/c1-3-8-19-15(21)14-13(10-6-4-5-7-11(10)17-14)18-16(19)23-9-12(20)22-2/h3-7,17H,1,8-9H2,2H3. The number of hydrogen-bond acceptors (Lipinski definition) is 5. The number of nitrogens with zero attached hydrogens (tertiary/aromatic N) is 2. The van der Waals surface area contributed by atoms with E-state index in [1.54, 1.807) is 6.08 Å². The van der Waals surface area contributed by atoms with E-state index in [0.717, 1.165) is 10.9 Å². The number of aromatic amines is 1. The molecule has 3 rings (SSSR count). The van der Waals surface area contributed by atoms with Gasteiger partial charge >= 0.3 is 5.97 Å². The molecule has 0 amide bonds. The Kier molecular flexibility index (Phi) is 4.20. The van der Waals surface area contributed by atoms with Crippen molar-refractivity contribution >= 4 is 39.7 Å². The van der Waals surface area contributed by atoms with E-state index in [1.165, 1.54) is 23.4 Å². The van der Waals surface area contributed by atoms with Crippen LogP contribution in [0.1, 0.15) is 0 Å². The average molecular weight is 329 g/mol. The van der Waals surface area contributed by atoms with Gasteiger partial charge in [0.05, 0.1) is 12.9 Å². The van der Waals surface area contributed by atoms with Gasteiger partial charge in [0, 0.05) is 17.4 Å². The van der Waals surface area contributed by atoms with Gasteiger partial charge in [-0.25, -0.2) is 4.98 Å². The number of esters is 1. The summed E-state index contributed by atoms with van der Waals surface area (Å²) in [7, 11) is 1.33. The zero-order valence-electron chi connectivity index (χ0n) is 12.5. The lowest BCUT2D eigenvalue weighted by molar-refractivity contribution is -0.137. The number of carbonyl (C=O) groups excluding carboxylic acids is 1. The van der Waals surface area contributed by atoms with Crippen LogP contribution < -0.4 is 5.56 Å². The minimum atomic E-state index is -0.367. The van der Waals surface area contributed by atoms with E-state index < -0.39 is 0 Å². The molecule has 118 valence electrons. The van der Waals surface area contributed by atoms with Gasteiger partial charge in [-0.1, -0.05) is 36.0 Å². The van der Waals surface area contributed by atoms with Gasteiger partial charge in [0.15, 0.2) is 5.16 Å². The second kappa shape index (κ2) is 6.29. The number of rotatable bonds is 5. The summed E-state index contributed by atoms with van der Waals surface area (Å²) in [4.78, 5) is 31.8. The molecule has 0 saturated heterocycles. The number of nitrogens with one attached hydrogen (secondary N) is 1. The molecule has 0 aliphatic rings. The van der Waals surface area contributed by atoms with Gasteiger partial charge < -0.3 is 9.72 Å². The molecular formula is C16H15N3O3S. The van der Waals surface area contributed by atoms with Gasteiger partial charge in [0.2, 0.25) is 0 Å². The van der Waals surface area contributed by atoms with Crippen LogP contribution in [0.25, 0.3) is 21.9 Å². The van der Waals surface area contributed by atoms with Crippen molar-refractivity contribution in [2.75, 3.05) is 12.9 Å². The molecule has 0 bridgehead atoms. The van der Waals surface area contributed by atoms with Gasteiger partial charge in [-0.05, 0) is 6.07 Å². The van der Waals surface area contributed by atoms with Crippen LogP contribution in [0, 0.1) is 0 Å². The molecule has 0 atom stereocenters. The van der Waals surface area contributed by atoms with Crippen molar-refractivity contribution in [3.05, 3.63) is 47.3 Å². The Bertz CT molecular complexity index is 958. The highest BCUT2D eigenvalue weighted by atomic mass is 32.2. The molecule has 2 heterocycles. The smallest absolute Gasteiger partial charge is 0.316 e. The van der Waals surface area contributed by atoms with Crippen molar-refractivity contribution in [1.82, 2.24) is 14.5 Å².